The molecule has 0 amide bonds. The molecule has 1 aliphatic heterocycles. The van der Waals surface area contributed by atoms with Crippen molar-refractivity contribution in [3.63, 3.8) is 0 Å². The van der Waals surface area contributed by atoms with Crippen LogP contribution in [0.2, 0.25) is 0 Å². The Kier molecular flexibility index (Phi) is 2.84. The van der Waals surface area contributed by atoms with Crippen LogP contribution in [0.4, 0.5) is 0 Å². The molecule has 1 atom stereocenters. The first kappa shape index (κ1) is 9.68. The van der Waals surface area contributed by atoms with Gasteiger partial charge in [-0.25, -0.2) is 0 Å². The zero-order chi connectivity index (χ0) is 9.97. The van der Waals surface area contributed by atoms with Crippen LogP contribution < -0.4 is 0 Å². The van der Waals surface area contributed by atoms with Crippen molar-refractivity contribution < 1.29 is 9.26 Å². The van der Waals surface area contributed by atoms with Gasteiger partial charge in [-0.15, -0.1) is 0 Å². The maximum absolute atomic E-state index is 5.46. The summed E-state index contributed by atoms with van der Waals surface area (Å²) in [6.45, 7) is 7.64. The SMILES string of the molecule is Cc1cc(CN2CCOC(C)C2)on1. The molecule has 1 fully saturated rings. The van der Waals surface area contributed by atoms with E-state index in [0.717, 1.165) is 37.7 Å². The molecule has 0 saturated carbocycles. The molecule has 1 unspecified atom stereocenters. The lowest BCUT2D eigenvalue weighted by atomic mass is 10.3. The maximum atomic E-state index is 5.46. The molecule has 1 saturated heterocycles. The minimum absolute atomic E-state index is 0.327. The van der Waals surface area contributed by atoms with Crippen LogP contribution in [0, 0.1) is 6.92 Å². The topological polar surface area (TPSA) is 38.5 Å². The van der Waals surface area contributed by atoms with Gasteiger partial charge in [0, 0.05) is 19.2 Å². The van der Waals surface area contributed by atoms with Crippen molar-refractivity contribution in [2.75, 3.05) is 19.7 Å². The van der Waals surface area contributed by atoms with E-state index in [9.17, 15) is 0 Å². The molecule has 0 spiro atoms. The van der Waals surface area contributed by atoms with Crippen molar-refractivity contribution in [2.45, 2.75) is 26.5 Å². The van der Waals surface area contributed by atoms with Crippen molar-refractivity contribution in [3.05, 3.63) is 17.5 Å². The molecule has 0 N–H and O–H groups in total. The van der Waals surface area contributed by atoms with E-state index in [4.69, 9.17) is 9.26 Å². The number of ether oxygens (including phenoxy) is 1. The van der Waals surface area contributed by atoms with Crippen LogP contribution in [-0.4, -0.2) is 35.9 Å². The monoisotopic (exact) mass is 196 g/mol. The van der Waals surface area contributed by atoms with E-state index in [1.807, 2.05) is 13.0 Å². The Balaban J connectivity index is 1.90. The Hall–Kier alpha value is -0.870. The molecule has 0 aliphatic carbocycles. The number of rotatable bonds is 2. The van der Waals surface area contributed by atoms with Crippen LogP contribution in [0.5, 0.6) is 0 Å². The molecular weight excluding hydrogens is 180 g/mol. The van der Waals surface area contributed by atoms with Crippen LogP contribution in [0.1, 0.15) is 18.4 Å². The van der Waals surface area contributed by atoms with Gasteiger partial charge in [-0.2, -0.15) is 0 Å². The largest absolute Gasteiger partial charge is 0.376 e. The number of aryl methyl sites for hydroxylation is 1. The quantitative estimate of drug-likeness (QED) is 0.712. The molecule has 78 valence electrons. The van der Waals surface area contributed by atoms with Crippen molar-refractivity contribution in [1.29, 1.82) is 0 Å². The second-order valence-corrected chi connectivity index (χ2v) is 3.85. The van der Waals surface area contributed by atoms with Crippen LogP contribution in [0.3, 0.4) is 0 Å². The second-order valence-electron chi connectivity index (χ2n) is 3.85. The van der Waals surface area contributed by atoms with E-state index < -0.39 is 0 Å². The van der Waals surface area contributed by atoms with E-state index >= 15 is 0 Å². The highest BCUT2D eigenvalue weighted by molar-refractivity contribution is 5.02. The molecule has 0 radical (unpaired) electrons. The summed E-state index contributed by atoms with van der Waals surface area (Å²) in [6, 6.07) is 1.99. The average molecular weight is 196 g/mol. The summed E-state index contributed by atoms with van der Waals surface area (Å²) in [5.74, 6) is 0.941. The molecule has 14 heavy (non-hydrogen) atoms. The van der Waals surface area contributed by atoms with Crippen LogP contribution >= 0.6 is 0 Å². The normalized spacial score (nSPS) is 24.0. The second kappa shape index (κ2) is 4.11. The van der Waals surface area contributed by atoms with Gasteiger partial charge in [-0.1, -0.05) is 5.16 Å². The fourth-order valence-electron chi connectivity index (χ4n) is 1.75. The summed E-state index contributed by atoms with van der Waals surface area (Å²) < 4.78 is 10.6. The molecule has 2 rings (SSSR count). The molecule has 0 aromatic carbocycles. The lowest BCUT2D eigenvalue weighted by molar-refractivity contribution is -0.0235. The predicted octanol–water partition coefficient (Wildman–Crippen LogP) is 1.20. The first-order valence-corrected chi connectivity index (χ1v) is 5.00. The summed E-state index contributed by atoms with van der Waals surface area (Å²) >= 11 is 0. The molecule has 4 heteroatoms. The van der Waals surface area contributed by atoms with Crippen molar-refractivity contribution in [2.24, 2.45) is 0 Å². The third kappa shape index (κ3) is 2.33. The van der Waals surface area contributed by atoms with E-state index in [0.29, 0.717) is 6.10 Å². The first-order valence-electron chi connectivity index (χ1n) is 5.00. The van der Waals surface area contributed by atoms with Gasteiger partial charge in [0.05, 0.1) is 24.9 Å². The van der Waals surface area contributed by atoms with Crippen LogP contribution in [0.15, 0.2) is 10.6 Å². The lowest BCUT2D eigenvalue weighted by Gasteiger charge is -2.30. The summed E-state index contributed by atoms with van der Waals surface area (Å²) in [5, 5.41) is 3.87. The highest BCUT2D eigenvalue weighted by Crippen LogP contribution is 2.10. The van der Waals surface area contributed by atoms with Crippen molar-refractivity contribution in [1.82, 2.24) is 10.1 Å². The Bertz CT molecular complexity index is 298. The summed E-state index contributed by atoms with van der Waals surface area (Å²) in [6.07, 6.45) is 0.327. The summed E-state index contributed by atoms with van der Waals surface area (Å²) in [7, 11) is 0. The van der Waals surface area contributed by atoms with E-state index in [1.54, 1.807) is 0 Å². The maximum Gasteiger partial charge on any atom is 0.150 e. The van der Waals surface area contributed by atoms with Gasteiger partial charge < -0.3 is 9.26 Å². The Labute approximate surface area is 83.8 Å². The van der Waals surface area contributed by atoms with Gasteiger partial charge in [0.1, 0.15) is 0 Å². The number of hydrogen-bond acceptors (Lipinski definition) is 4. The van der Waals surface area contributed by atoms with Gasteiger partial charge in [-0.3, -0.25) is 4.90 Å². The molecule has 1 aromatic heterocycles. The Morgan fingerprint density at radius 1 is 1.64 bits per heavy atom. The van der Waals surface area contributed by atoms with Crippen LogP contribution in [0.25, 0.3) is 0 Å². The van der Waals surface area contributed by atoms with E-state index in [2.05, 4.69) is 17.0 Å². The summed E-state index contributed by atoms with van der Waals surface area (Å²) in [4.78, 5) is 2.33. The zero-order valence-corrected chi connectivity index (χ0v) is 8.69. The Morgan fingerprint density at radius 2 is 2.50 bits per heavy atom. The van der Waals surface area contributed by atoms with Gasteiger partial charge in [-0.05, 0) is 13.8 Å². The number of aromatic nitrogens is 1. The lowest BCUT2D eigenvalue weighted by Crippen LogP contribution is -2.40. The van der Waals surface area contributed by atoms with E-state index in [-0.39, 0.29) is 0 Å². The molecule has 2 heterocycles. The minimum atomic E-state index is 0.327. The fraction of sp³-hybridized carbons (Fsp3) is 0.700. The highest BCUT2D eigenvalue weighted by Gasteiger charge is 2.17. The van der Waals surface area contributed by atoms with Crippen molar-refractivity contribution in [3.8, 4) is 0 Å². The first-order chi connectivity index (χ1) is 6.74. The standard InChI is InChI=1S/C10H16N2O2/c1-8-5-10(14-11-8)7-12-3-4-13-9(2)6-12/h5,9H,3-4,6-7H2,1-2H3. The molecule has 1 aliphatic rings. The van der Waals surface area contributed by atoms with Gasteiger partial charge in [0.2, 0.25) is 0 Å². The van der Waals surface area contributed by atoms with Crippen molar-refractivity contribution >= 4 is 0 Å². The zero-order valence-electron chi connectivity index (χ0n) is 8.69. The fourth-order valence-corrected chi connectivity index (χ4v) is 1.75. The molecule has 1 aromatic rings. The van der Waals surface area contributed by atoms with E-state index in [1.165, 1.54) is 0 Å². The third-order valence-corrected chi connectivity index (χ3v) is 2.38. The molecule has 4 nitrogen and oxygen atoms in total. The minimum Gasteiger partial charge on any atom is -0.376 e. The smallest absolute Gasteiger partial charge is 0.150 e. The number of nitrogens with zero attached hydrogens (tertiary/aromatic N) is 2. The van der Waals surface area contributed by atoms with Gasteiger partial charge in [0.25, 0.3) is 0 Å². The predicted molar refractivity (Wildman–Crippen MR) is 51.9 cm³/mol. The number of hydrogen-bond donors (Lipinski definition) is 0. The number of morpholine rings is 1. The Morgan fingerprint density at radius 3 is 3.14 bits per heavy atom. The summed E-state index contributed by atoms with van der Waals surface area (Å²) in [5.41, 5.74) is 0.946. The van der Waals surface area contributed by atoms with Crippen LogP contribution in [-0.2, 0) is 11.3 Å². The highest BCUT2D eigenvalue weighted by atomic mass is 16.5. The average Bonchev–Trinajstić information content (AvgIpc) is 2.51. The van der Waals surface area contributed by atoms with Gasteiger partial charge in [0.15, 0.2) is 5.76 Å². The third-order valence-electron chi connectivity index (χ3n) is 2.38. The van der Waals surface area contributed by atoms with Gasteiger partial charge >= 0.3 is 0 Å². The molecule has 0 bridgehead atoms. The molecular formula is C10H16N2O2.